The first kappa shape index (κ1) is 12.4. The van der Waals surface area contributed by atoms with Crippen LogP contribution in [0, 0.1) is 0 Å². The van der Waals surface area contributed by atoms with Gasteiger partial charge in [0.2, 0.25) is 0 Å². The van der Waals surface area contributed by atoms with Gasteiger partial charge in [0.05, 0.1) is 6.20 Å². The maximum absolute atomic E-state index is 4.27. The van der Waals surface area contributed by atoms with Crippen molar-refractivity contribution < 1.29 is 0 Å². The van der Waals surface area contributed by atoms with Crippen LogP contribution in [0.1, 0.15) is 40.0 Å². The summed E-state index contributed by atoms with van der Waals surface area (Å²) in [5, 5.41) is 8.26. The van der Waals surface area contributed by atoms with Gasteiger partial charge in [-0.05, 0) is 18.1 Å². The molecule has 4 heteroatoms. The predicted octanol–water partition coefficient (Wildman–Crippen LogP) is 3.30. The fourth-order valence-electron chi connectivity index (χ4n) is 2.58. The zero-order chi connectivity index (χ0) is 11.1. The first-order valence-electron chi connectivity index (χ1n) is 6.16. The van der Waals surface area contributed by atoms with E-state index in [0.29, 0.717) is 0 Å². The van der Waals surface area contributed by atoms with E-state index in [0.717, 1.165) is 0 Å². The molecule has 0 bridgehead atoms. The van der Waals surface area contributed by atoms with Crippen molar-refractivity contribution in [2.45, 2.75) is 58.2 Å². The standard InChI is InChI=1S/C11H23N3Si/c1-4-9-15(10-5-2,11-6-3)14-8-7-12-13-14/h7-8H,4-6,9-11H2,1-3H3. The van der Waals surface area contributed by atoms with Crippen molar-refractivity contribution in [2.24, 2.45) is 0 Å². The second-order valence-electron chi connectivity index (χ2n) is 4.32. The van der Waals surface area contributed by atoms with Crippen LogP contribution in [0.2, 0.25) is 18.1 Å². The molecule has 0 aliphatic heterocycles. The molecule has 1 rings (SSSR count). The van der Waals surface area contributed by atoms with E-state index in [1.54, 1.807) is 0 Å². The Balaban J connectivity index is 2.90. The lowest BCUT2D eigenvalue weighted by molar-refractivity contribution is 0.773. The van der Waals surface area contributed by atoms with Gasteiger partial charge in [-0.15, -0.1) is 5.10 Å². The molecule has 0 saturated carbocycles. The normalized spacial score (nSPS) is 11.9. The molecule has 0 amide bonds. The van der Waals surface area contributed by atoms with Gasteiger partial charge >= 0.3 is 0 Å². The highest BCUT2D eigenvalue weighted by Gasteiger charge is 2.33. The Kier molecular flexibility index (Phi) is 5.01. The number of hydrogen-bond acceptors (Lipinski definition) is 2. The number of hydrogen-bond donors (Lipinski definition) is 0. The van der Waals surface area contributed by atoms with Gasteiger partial charge in [0.15, 0.2) is 8.24 Å². The molecule has 1 aromatic heterocycles. The van der Waals surface area contributed by atoms with Gasteiger partial charge in [-0.2, -0.15) is 0 Å². The molecule has 15 heavy (non-hydrogen) atoms. The molecular weight excluding hydrogens is 202 g/mol. The van der Waals surface area contributed by atoms with E-state index >= 15 is 0 Å². The Morgan fingerprint density at radius 1 is 1.00 bits per heavy atom. The number of aromatic nitrogens is 3. The Labute approximate surface area is 94.0 Å². The molecule has 0 aliphatic rings. The smallest absolute Gasteiger partial charge is 0.187 e. The largest absolute Gasteiger partial charge is 0.282 e. The Bertz CT molecular complexity index is 242. The summed E-state index contributed by atoms with van der Waals surface area (Å²) >= 11 is 0. The second kappa shape index (κ2) is 6.05. The summed E-state index contributed by atoms with van der Waals surface area (Å²) in [5.74, 6) is 0. The number of rotatable bonds is 7. The van der Waals surface area contributed by atoms with Gasteiger partial charge < -0.3 is 0 Å². The van der Waals surface area contributed by atoms with Gasteiger partial charge in [-0.3, -0.25) is 4.35 Å². The monoisotopic (exact) mass is 225 g/mol. The maximum atomic E-state index is 4.27. The van der Waals surface area contributed by atoms with Gasteiger partial charge in [-0.1, -0.05) is 45.2 Å². The van der Waals surface area contributed by atoms with E-state index in [-0.39, 0.29) is 0 Å². The second-order valence-corrected chi connectivity index (χ2v) is 8.73. The maximum Gasteiger partial charge on any atom is 0.187 e. The minimum Gasteiger partial charge on any atom is -0.282 e. The minimum atomic E-state index is -1.38. The lowest BCUT2D eigenvalue weighted by atomic mass is 10.6. The van der Waals surface area contributed by atoms with Crippen molar-refractivity contribution in [3.63, 3.8) is 0 Å². The van der Waals surface area contributed by atoms with E-state index in [4.69, 9.17) is 0 Å². The summed E-state index contributed by atoms with van der Waals surface area (Å²) in [6, 6.07) is 4.04. The number of nitrogens with zero attached hydrogens (tertiary/aromatic N) is 3. The molecule has 0 aromatic carbocycles. The molecule has 0 saturated heterocycles. The van der Waals surface area contributed by atoms with Crippen molar-refractivity contribution in [1.82, 2.24) is 14.7 Å². The lowest BCUT2D eigenvalue weighted by Gasteiger charge is -2.30. The van der Waals surface area contributed by atoms with Crippen LogP contribution in [-0.2, 0) is 0 Å². The van der Waals surface area contributed by atoms with Crippen LogP contribution in [0.4, 0.5) is 0 Å². The highest BCUT2D eigenvalue weighted by molar-refractivity contribution is 6.78. The molecule has 0 unspecified atom stereocenters. The highest BCUT2D eigenvalue weighted by atomic mass is 28.3. The summed E-state index contributed by atoms with van der Waals surface area (Å²) in [4.78, 5) is 0. The molecule has 3 nitrogen and oxygen atoms in total. The van der Waals surface area contributed by atoms with Crippen molar-refractivity contribution >= 4 is 8.24 Å². The summed E-state index contributed by atoms with van der Waals surface area (Å²) < 4.78 is 2.23. The molecular formula is C11H23N3Si. The molecule has 0 N–H and O–H groups in total. The molecule has 1 aromatic rings. The summed E-state index contributed by atoms with van der Waals surface area (Å²) in [6.45, 7) is 6.85. The summed E-state index contributed by atoms with van der Waals surface area (Å²) in [5.41, 5.74) is 0. The van der Waals surface area contributed by atoms with Crippen molar-refractivity contribution in [3.05, 3.63) is 12.4 Å². The van der Waals surface area contributed by atoms with E-state index in [9.17, 15) is 0 Å². The van der Waals surface area contributed by atoms with Crippen LogP contribution in [0.5, 0.6) is 0 Å². The third-order valence-electron chi connectivity index (χ3n) is 3.05. The van der Waals surface area contributed by atoms with E-state index in [1.165, 1.54) is 37.4 Å². The van der Waals surface area contributed by atoms with Crippen molar-refractivity contribution in [1.29, 1.82) is 0 Å². The van der Waals surface area contributed by atoms with Crippen LogP contribution in [-0.4, -0.2) is 22.9 Å². The molecule has 86 valence electrons. The molecule has 0 spiro atoms. The highest BCUT2D eigenvalue weighted by Crippen LogP contribution is 2.26. The van der Waals surface area contributed by atoms with E-state index < -0.39 is 8.24 Å². The SMILES string of the molecule is CCC[Si](CCC)(CCC)n1ccnn1. The molecule has 0 fully saturated rings. The van der Waals surface area contributed by atoms with E-state index in [2.05, 4.69) is 41.6 Å². The average molecular weight is 225 g/mol. The quantitative estimate of drug-likeness (QED) is 0.667. The third-order valence-corrected chi connectivity index (χ3v) is 8.56. The Hall–Kier alpha value is -0.643. The summed E-state index contributed by atoms with van der Waals surface area (Å²) in [6.07, 6.45) is 7.71. The minimum absolute atomic E-state index is 1.27. The third kappa shape index (κ3) is 2.90. The zero-order valence-electron chi connectivity index (χ0n) is 10.2. The van der Waals surface area contributed by atoms with Crippen LogP contribution >= 0.6 is 0 Å². The van der Waals surface area contributed by atoms with Gasteiger partial charge in [0, 0.05) is 6.20 Å². The van der Waals surface area contributed by atoms with Crippen molar-refractivity contribution in [2.75, 3.05) is 0 Å². The first-order chi connectivity index (χ1) is 7.29. The van der Waals surface area contributed by atoms with Crippen LogP contribution < -0.4 is 0 Å². The van der Waals surface area contributed by atoms with E-state index in [1.807, 2.05) is 6.20 Å². The van der Waals surface area contributed by atoms with Crippen LogP contribution in [0.15, 0.2) is 12.4 Å². The fourth-order valence-corrected chi connectivity index (χ4v) is 7.43. The molecule has 1 heterocycles. The zero-order valence-corrected chi connectivity index (χ0v) is 11.2. The molecule has 0 aliphatic carbocycles. The van der Waals surface area contributed by atoms with Crippen LogP contribution in [0.3, 0.4) is 0 Å². The Morgan fingerprint density at radius 2 is 1.53 bits per heavy atom. The molecule has 0 atom stereocenters. The first-order valence-corrected chi connectivity index (χ1v) is 8.72. The predicted molar refractivity (Wildman–Crippen MR) is 66.5 cm³/mol. The Morgan fingerprint density at radius 3 is 1.87 bits per heavy atom. The summed E-state index contributed by atoms with van der Waals surface area (Å²) in [7, 11) is -1.38. The average Bonchev–Trinajstić information content (AvgIpc) is 2.72. The van der Waals surface area contributed by atoms with Gasteiger partial charge in [-0.25, -0.2) is 0 Å². The topological polar surface area (TPSA) is 30.7 Å². The lowest BCUT2D eigenvalue weighted by Crippen LogP contribution is -2.43. The van der Waals surface area contributed by atoms with Crippen molar-refractivity contribution in [3.8, 4) is 0 Å². The van der Waals surface area contributed by atoms with Gasteiger partial charge in [0.1, 0.15) is 0 Å². The van der Waals surface area contributed by atoms with Gasteiger partial charge in [0.25, 0.3) is 0 Å². The fraction of sp³-hybridized carbons (Fsp3) is 0.818. The molecule has 0 radical (unpaired) electrons. The van der Waals surface area contributed by atoms with Crippen LogP contribution in [0.25, 0.3) is 0 Å².